The van der Waals surface area contributed by atoms with Gasteiger partial charge in [-0.1, -0.05) is 29.5 Å². The fourth-order valence-electron chi connectivity index (χ4n) is 7.82. The zero-order valence-corrected chi connectivity index (χ0v) is 25.6. The van der Waals surface area contributed by atoms with E-state index < -0.39 is 59.9 Å². The maximum atomic E-state index is 13.6. The van der Waals surface area contributed by atoms with Gasteiger partial charge in [-0.2, -0.15) is 13.2 Å². The molecule has 0 radical (unpaired) electrons. The van der Waals surface area contributed by atoms with Gasteiger partial charge in [-0.05, 0) is 67.0 Å². The van der Waals surface area contributed by atoms with Crippen LogP contribution in [0.25, 0.3) is 0 Å². The molecule has 8 atom stereocenters. The van der Waals surface area contributed by atoms with E-state index >= 15 is 0 Å². The summed E-state index contributed by atoms with van der Waals surface area (Å²) in [7, 11) is 0. The van der Waals surface area contributed by atoms with Crippen LogP contribution in [0.15, 0.2) is 58.4 Å². The van der Waals surface area contributed by atoms with Crippen molar-refractivity contribution in [3.8, 4) is 5.75 Å². The summed E-state index contributed by atoms with van der Waals surface area (Å²) in [4.78, 5) is 68.2. The topological polar surface area (TPSA) is 146 Å². The molecule has 1 saturated heterocycles. The monoisotopic (exact) mass is 673 g/mol. The van der Waals surface area contributed by atoms with Crippen LogP contribution in [0.2, 0.25) is 0 Å². The lowest BCUT2D eigenvalue weighted by atomic mass is 9.68. The number of benzene rings is 2. The van der Waals surface area contributed by atoms with E-state index in [2.05, 4.69) is 10.3 Å². The number of carboxylic acid groups (broad SMARTS) is 1. The lowest BCUT2D eigenvalue weighted by molar-refractivity contribution is -0.154. The van der Waals surface area contributed by atoms with Crippen molar-refractivity contribution >= 4 is 52.5 Å². The van der Waals surface area contributed by atoms with Crippen molar-refractivity contribution in [2.24, 2.45) is 29.6 Å². The SMILES string of the molecule is CC(C(=O)O)N1C(=O)C2C3CC(C2C1=O)C1C3Sc2[nH]c(=O)sc2[C@@H]1c1cccc(OCC(=O)Nc2cccc(C(F)(F)F)c2)c1. The highest BCUT2D eigenvalue weighted by Crippen LogP contribution is 2.68. The van der Waals surface area contributed by atoms with Gasteiger partial charge >= 0.3 is 17.0 Å². The number of thioether (sulfide) groups is 1. The van der Waals surface area contributed by atoms with E-state index in [1.165, 1.54) is 30.8 Å². The third kappa shape index (κ3) is 4.91. The summed E-state index contributed by atoms with van der Waals surface area (Å²) in [5.74, 6) is -4.60. The van der Waals surface area contributed by atoms with Crippen molar-refractivity contribution in [2.75, 3.05) is 11.9 Å². The van der Waals surface area contributed by atoms with Gasteiger partial charge in [0.1, 0.15) is 11.8 Å². The van der Waals surface area contributed by atoms with Crippen molar-refractivity contribution in [3.05, 3.63) is 74.2 Å². The Kier molecular flexibility index (Phi) is 7.31. The molecule has 2 aliphatic carbocycles. The second kappa shape index (κ2) is 11.0. The first-order valence-electron chi connectivity index (χ1n) is 14.5. The lowest BCUT2D eigenvalue weighted by Crippen LogP contribution is -2.44. The van der Waals surface area contributed by atoms with E-state index in [9.17, 15) is 42.3 Å². The number of likely N-dealkylation sites (tertiary alicyclic amines) is 1. The molecule has 7 rings (SSSR count). The van der Waals surface area contributed by atoms with Crippen LogP contribution in [-0.2, 0) is 25.4 Å². The second-order valence-corrected chi connectivity index (χ2v) is 14.2. The standard InChI is InChI=1S/C31H26F3N3O7S2/c1-12(29(41)42)37-27(39)22-17-10-18(23(22)28(37)40)24-21(17)20(25-26(45-24)36-30(43)46-25)13-4-2-7-16(8-13)44-11-19(38)35-15-6-3-5-14(9-15)31(32,33)34/h2-9,12,17-18,20-24H,10-11H2,1H3,(H,35,38)(H,36,43)(H,41,42)/t12?,17?,18?,20-,21?,22?,23?,24?/m1/s1. The third-order valence-corrected chi connectivity index (χ3v) is 12.2. The molecule has 2 aliphatic heterocycles. The molecule has 240 valence electrons. The molecule has 3 aromatic rings. The number of H-pyrrole nitrogens is 1. The molecule has 0 spiro atoms. The van der Waals surface area contributed by atoms with E-state index in [-0.39, 0.29) is 39.5 Å². The lowest BCUT2D eigenvalue weighted by Gasteiger charge is -2.43. The third-order valence-electron chi connectivity index (χ3n) is 9.56. The summed E-state index contributed by atoms with van der Waals surface area (Å²) in [6.45, 7) is 0.858. The summed E-state index contributed by atoms with van der Waals surface area (Å²) < 4.78 is 44.9. The van der Waals surface area contributed by atoms with Crippen LogP contribution >= 0.6 is 23.1 Å². The maximum Gasteiger partial charge on any atom is 0.416 e. The fraction of sp³-hybridized carbons (Fsp3) is 0.387. The summed E-state index contributed by atoms with van der Waals surface area (Å²) in [5.41, 5.74) is -0.142. The van der Waals surface area contributed by atoms with Gasteiger partial charge in [0.05, 0.1) is 22.4 Å². The van der Waals surface area contributed by atoms with E-state index in [1.807, 2.05) is 6.07 Å². The van der Waals surface area contributed by atoms with Crippen LogP contribution in [-0.4, -0.2) is 56.6 Å². The van der Waals surface area contributed by atoms with Gasteiger partial charge in [-0.15, -0.1) is 11.8 Å². The fourth-order valence-corrected chi connectivity index (χ4v) is 10.7. The molecule has 10 nitrogen and oxygen atoms in total. The molecule has 2 saturated carbocycles. The van der Waals surface area contributed by atoms with E-state index in [4.69, 9.17) is 4.74 Å². The van der Waals surface area contributed by atoms with Crippen molar-refractivity contribution in [1.29, 1.82) is 0 Å². The summed E-state index contributed by atoms with van der Waals surface area (Å²) in [6.07, 6.45) is -3.93. The number of nitrogens with one attached hydrogen (secondary N) is 2. The number of hydrogen-bond donors (Lipinski definition) is 3. The molecular weight excluding hydrogens is 647 g/mol. The molecule has 1 aromatic heterocycles. The normalized spacial score (nSPS) is 28.4. The van der Waals surface area contributed by atoms with Gasteiger partial charge < -0.3 is 20.1 Å². The van der Waals surface area contributed by atoms with Crippen LogP contribution < -0.4 is 14.9 Å². The van der Waals surface area contributed by atoms with E-state index in [0.717, 1.165) is 38.8 Å². The summed E-state index contributed by atoms with van der Waals surface area (Å²) in [6, 6.07) is 9.98. The smallest absolute Gasteiger partial charge is 0.416 e. The van der Waals surface area contributed by atoms with E-state index in [0.29, 0.717) is 17.2 Å². The molecule has 3 N–H and O–H groups in total. The maximum absolute atomic E-state index is 13.6. The van der Waals surface area contributed by atoms with Crippen LogP contribution in [0, 0.1) is 29.6 Å². The average Bonchev–Trinajstić information content (AvgIpc) is 3.74. The van der Waals surface area contributed by atoms with Crippen LogP contribution in [0.5, 0.6) is 5.75 Å². The number of amides is 3. The molecule has 3 fully saturated rings. The first-order valence-corrected chi connectivity index (χ1v) is 16.2. The highest BCUT2D eigenvalue weighted by molar-refractivity contribution is 8.00. The number of halogens is 3. The first-order chi connectivity index (χ1) is 21.8. The number of rotatable bonds is 7. The highest BCUT2D eigenvalue weighted by Gasteiger charge is 2.70. The predicted octanol–water partition coefficient (Wildman–Crippen LogP) is 4.42. The number of carboxylic acids is 1. The van der Waals surface area contributed by atoms with Gasteiger partial charge in [0.15, 0.2) is 6.61 Å². The Balaban J connectivity index is 1.14. The number of carbonyl (C=O) groups is 4. The second-order valence-electron chi connectivity index (χ2n) is 12.0. The number of alkyl halides is 3. The number of ether oxygens (including phenoxy) is 1. The van der Waals surface area contributed by atoms with Crippen molar-refractivity contribution in [3.63, 3.8) is 0 Å². The molecular formula is C31H26F3N3O7S2. The van der Waals surface area contributed by atoms with Gasteiger partial charge in [-0.25, -0.2) is 4.79 Å². The minimum atomic E-state index is -4.56. The largest absolute Gasteiger partial charge is 0.484 e. The molecule has 3 heterocycles. The molecule has 4 aliphatic rings. The Labute approximate surface area is 267 Å². The number of aromatic nitrogens is 1. The zero-order valence-electron chi connectivity index (χ0n) is 23.9. The Morgan fingerprint density at radius 2 is 1.80 bits per heavy atom. The Morgan fingerprint density at radius 3 is 2.52 bits per heavy atom. The number of aliphatic carboxylic acids is 1. The molecule has 7 unspecified atom stereocenters. The first kappa shape index (κ1) is 30.5. The number of hydrogen-bond acceptors (Lipinski definition) is 8. The average molecular weight is 674 g/mol. The van der Waals surface area contributed by atoms with Gasteiger partial charge in [0, 0.05) is 21.7 Å². The van der Waals surface area contributed by atoms with Crippen molar-refractivity contribution in [1.82, 2.24) is 9.88 Å². The van der Waals surface area contributed by atoms with Crippen molar-refractivity contribution < 1.29 is 42.2 Å². The minimum absolute atomic E-state index is 0.0244. The van der Waals surface area contributed by atoms with Crippen LogP contribution in [0.4, 0.5) is 18.9 Å². The van der Waals surface area contributed by atoms with E-state index in [1.54, 1.807) is 18.2 Å². The quantitative estimate of drug-likeness (QED) is 0.313. The summed E-state index contributed by atoms with van der Waals surface area (Å²) in [5, 5.41) is 12.6. The molecule has 2 bridgehead atoms. The van der Waals surface area contributed by atoms with Crippen molar-refractivity contribution in [2.45, 2.75) is 41.8 Å². The number of aromatic amines is 1. The number of imide groups is 1. The van der Waals surface area contributed by atoms with Gasteiger partial charge in [0.25, 0.3) is 5.91 Å². The van der Waals surface area contributed by atoms with Crippen LogP contribution in [0.3, 0.4) is 0 Å². The Morgan fingerprint density at radius 1 is 1.09 bits per heavy atom. The minimum Gasteiger partial charge on any atom is -0.484 e. The van der Waals surface area contributed by atoms with Crippen LogP contribution in [0.1, 0.15) is 35.3 Å². The van der Waals surface area contributed by atoms with Gasteiger partial charge in [0.2, 0.25) is 11.8 Å². The zero-order chi connectivity index (χ0) is 32.7. The number of nitrogens with zero attached hydrogens (tertiary/aromatic N) is 1. The highest BCUT2D eigenvalue weighted by atomic mass is 32.2. The number of anilines is 1. The molecule has 2 aromatic carbocycles. The Bertz CT molecular complexity index is 1840. The number of thiazole rings is 1. The Hall–Kier alpha value is -4.11. The van der Waals surface area contributed by atoms with Gasteiger partial charge in [-0.3, -0.25) is 24.1 Å². The summed E-state index contributed by atoms with van der Waals surface area (Å²) >= 11 is 2.58. The number of fused-ring (bicyclic) bond motifs is 9. The molecule has 3 amide bonds. The molecule has 46 heavy (non-hydrogen) atoms. The molecule has 15 heteroatoms. The number of carbonyl (C=O) groups excluding carboxylic acids is 3. The predicted molar refractivity (Wildman–Crippen MR) is 159 cm³/mol.